The molecule has 1 aromatic carbocycles. The highest BCUT2D eigenvalue weighted by atomic mass is 16.5. The van der Waals surface area contributed by atoms with Gasteiger partial charge in [0.05, 0.1) is 11.8 Å². The number of aliphatic hydroxyl groups is 1. The van der Waals surface area contributed by atoms with Gasteiger partial charge >= 0.3 is 0 Å². The number of likely N-dealkylation sites (N-methyl/N-ethyl adjacent to an activating group) is 1. The molecule has 0 aliphatic carbocycles. The molecule has 1 aromatic rings. The predicted molar refractivity (Wildman–Crippen MR) is 61.1 cm³/mol. The highest BCUT2D eigenvalue weighted by Crippen LogP contribution is 2.38. The smallest absolute Gasteiger partial charge is 0.262 e. The number of anilines is 1. The Morgan fingerprint density at radius 1 is 1.59 bits per heavy atom. The van der Waals surface area contributed by atoms with Crippen LogP contribution < -0.4 is 15.4 Å². The normalized spacial score (nSPS) is 15.8. The van der Waals surface area contributed by atoms with Gasteiger partial charge in [-0.2, -0.15) is 0 Å². The Morgan fingerprint density at radius 3 is 3.06 bits per heavy atom. The molecule has 0 aromatic heterocycles. The molecule has 6 nitrogen and oxygen atoms in total. The molecule has 0 bridgehead atoms. The fraction of sp³-hybridized carbons (Fsp3) is 0.364. The Morgan fingerprint density at radius 2 is 2.35 bits per heavy atom. The monoisotopic (exact) mass is 238 g/mol. The van der Waals surface area contributed by atoms with Crippen molar-refractivity contribution in [2.45, 2.75) is 6.10 Å². The van der Waals surface area contributed by atoms with E-state index in [1.807, 2.05) is 0 Å². The third kappa shape index (κ3) is 2.32. The molecular formula is C11H14N2O4. The van der Waals surface area contributed by atoms with Crippen molar-refractivity contribution in [3.8, 4) is 11.5 Å². The van der Waals surface area contributed by atoms with E-state index in [4.69, 9.17) is 4.74 Å². The Balaban J connectivity index is 2.41. The second kappa shape index (κ2) is 4.60. The van der Waals surface area contributed by atoms with E-state index in [-0.39, 0.29) is 18.3 Å². The molecule has 6 heteroatoms. The average molecular weight is 238 g/mol. The average Bonchev–Trinajstić information content (AvgIpc) is 2.27. The van der Waals surface area contributed by atoms with Gasteiger partial charge in [0, 0.05) is 18.2 Å². The number of phenols is 1. The Kier molecular flexibility index (Phi) is 3.16. The zero-order chi connectivity index (χ0) is 12.4. The molecule has 0 saturated carbocycles. The number of fused-ring (bicyclic) bond motifs is 1. The first-order chi connectivity index (χ1) is 8.11. The lowest BCUT2D eigenvalue weighted by Gasteiger charge is -2.23. The summed E-state index contributed by atoms with van der Waals surface area (Å²) in [6.45, 7) is 0.240. The lowest BCUT2D eigenvalue weighted by atomic mass is 10.1. The van der Waals surface area contributed by atoms with Gasteiger partial charge in [-0.15, -0.1) is 0 Å². The van der Waals surface area contributed by atoms with Crippen LogP contribution in [0.25, 0.3) is 0 Å². The summed E-state index contributed by atoms with van der Waals surface area (Å²) in [7, 11) is 1.71. The largest absolute Gasteiger partial charge is 0.508 e. The molecule has 0 radical (unpaired) electrons. The van der Waals surface area contributed by atoms with Gasteiger partial charge in [0.25, 0.3) is 5.91 Å². The van der Waals surface area contributed by atoms with Crippen LogP contribution in [0.5, 0.6) is 11.5 Å². The van der Waals surface area contributed by atoms with E-state index in [2.05, 4.69) is 10.6 Å². The summed E-state index contributed by atoms with van der Waals surface area (Å²) in [5.41, 5.74) is 0.834. The highest BCUT2D eigenvalue weighted by molar-refractivity contribution is 5.96. The number of benzene rings is 1. The molecule has 0 saturated heterocycles. The van der Waals surface area contributed by atoms with E-state index in [0.717, 1.165) is 0 Å². The lowest BCUT2D eigenvalue weighted by Crippen LogP contribution is -2.27. The topological polar surface area (TPSA) is 90.8 Å². The van der Waals surface area contributed by atoms with Gasteiger partial charge in [-0.25, -0.2) is 0 Å². The van der Waals surface area contributed by atoms with Crippen LogP contribution in [-0.4, -0.2) is 36.3 Å². The third-order valence-corrected chi connectivity index (χ3v) is 2.48. The van der Waals surface area contributed by atoms with Gasteiger partial charge in [-0.05, 0) is 13.1 Å². The first-order valence-electron chi connectivity index (χ1n) is 5.24. The third-order valence-electron chi connectivity index (χ3n) is 2.48. The van der Waals surface area contributed by atoms with Crippen LogP contribution in [0.4, 0.5) is 5.69 Å². The number of aliphatic hydroxyl groups excluding tert-OH is 1. The lowest BCUT2D eigenvalue weighted by molar-refractivity contribution is -0.118. The second-order valence-electron chi connectivity index (χ2n) is 3.82. The van der Waals surface area contributed by atoms with E-state index in [1.54, 1.807) is 7.05 Å². The van der Waals surface area contributed by atoms with Crippen molar-refractivity contribution in [2.24, 2.45) is 0 Å². The summed E-state index contributed by atoms with van der Waals surface area (Å²) in [6.07, 6.45) is -0.809. The molecule has 92 valence electrons. The standard InChI is InChI=1S/C11H14N2O4/c1-12-4-9(15)7-2-6(14)3-8-11(7)17-5-10(16)13-8/h2-3,9,12,14-15H,4-5H2,1H3,(H,13,16). The van der Waals surface area contributed by atoms with Crippen LogP contribution in [0.3, 0.4) is 0 Å². The van der Waals surface area contributed by atoms with Gasteiger partial charge in [0.1, 0.15) is 11.5 Å². The molecule has 1 unspecified atom stereocenters. The minimum absolute atomic E-state index is 0.0281. The molecule has 1 atom stereocenters. The number of nitrogens with one attached hydrogen (secondary N) is 2. The first kappa shape index (κ1) is 11.7. The molecule has 0 fully saturated rings. The van der Waals surface area contributed by atoms with Crippen molar-refractivity contribution in [2.75, 3.05) is 25.5 Å². The van der Waals surface area contributed by atoms with E-state index in [0.29, 0.717) is 23.5 Å². The number of rotatable bonds is 3. The zero-order valence-corrected chi connectivity index (χ0v) is 9.36. The Bertz CT molecular complexity index is 447. The van der Waals surface area contributed by atoms with Gasteiger partial charge in [0.15, 0.2) is 6.61 Å². The van der Waals surface area contributed by atoms with E-state index >= 15 is 0 Å². The Labute approximate surface area is 98.2 Å². The fourth-order valence-electron chi connectivity index (χ4n) is 1.76. The molecule has 1 amide bonds. The van der Waals surface area contributed by atoms with E-state index < -0.39 is 6.10 Å². The number of phenolic OH excluding ortho intramolecular Hbond substituents is 1. The van der Waals surface area contributed by atoms with Crippen molar-refractivity contribution < 1.29 is 19.7 Å². The maximum Gasteiger partial charge on any atom is 0.262 e. The van der Waals surface area contributed by atoms with Gasteiger partial charge in [-0.1, -0.05) is 0 Å². The van der Waals surface area contributed by atoms with Crippen molar-refractivity contribution in [1.82, 2.24) is 5.32 Å². The second-order valence-corrected chi connectivity index (χ2v) is 3.82. The number of aromatic hydroxyl groups is 1. The summed E-state index contributed by atoms with van der Waals surface area (Å²) in [5, 5.41) is 24.8. The number of ether oxygens (including phenoxy) is 1. The van der Waals surface area contributed by atoms with Gasteiger partial charge < -0.3 is 25.6 Å². The van der Waals surface area contributed by atoms with Gasteiger partial charge in [0.2, 0.25) is 0 Å². The molecular weight excluding hydrogens is 224 g/mol. The minimum Gasteiger partial charge on any atom is -0.508 e. The summed E-state index contributed by atoms with van der Waals surface area (Å²) in [6, 6.07) is 2.82. The summed E-state index contributed by atoms with van der Waals surface area (Å²) in [5.74, 6) is 0.0991. The van der Waals surface area contributed by atoms with E-state index in [1.165, 1.54) is 12.1 Å². The molecule has 1 heterocycles. The number of carbonyl (C=O) groups excluding carboxylic acids is 1. The van der Waals surface area contributed by atoms with Crippen LogP contribution in [-0.2, 0) is 4.79 Å². The van der Waals surface area contributed by atoms with Crippen LogP contribution in [0.15, 0.2) is 12.1 Å². The summed E-state index contributed by atoms with van der Waals surface area (Å²) >= 11 is 0. The van der Waals surface area contributed by atoms with Crippen LogP contribution in [0.2, 0.25) is 0 Å². The summed E-state index contributed by atoms with van der Waals surface area (Å²) < 4.78 is 5.28. The summed E-state index contributed by atoms with van der Waals surface area (Å²) in [4.78, 5) is 11.2. The predicted octanol–water partition coefficient (Wildman–Crippen LogP) is -0.0241. The van der Waals surface area contributed by atoms with Crippen molar-refractivity contribution >= 4 is 11.6 Å². The van der Waals surface area contributed by atoms with Crippen molar-refractivity contribution in [1.29, 1.82) is 0 Å². The SMILES string of the molecule is CNCC(O)c1cc(O)cc2c1OCC(=O)N2. The molecule has 0 spiro atoms. The number of hydrogen-bond acceptors (Lipinski definition) is 5. The number of amides is 1. The maximum absolute atomic E-state index is 11.2. The fourth-order valence-corrected chi connectivity index (χ4v) is 1.76. The van der Waals surface area contributed by atoms with Gasteiger partial charge in [-0.3, -0.25) is 4.79 Å². The number of carbonyl (C=O) groups is 1. The Hall–Kier alpha value is -1.79. The van der Waals surface area contributed by atoms with E-state index in [9.17, 15) is 15.0 Å². The quantitative estimate of drug-likeness (QED) is 0.594. The molecule has 17 heavy (non-hydrogen) atoms. The number of hydrogen-bond donors (Lipinski definition) is 4. The minimum atomic E-state index is -0.809. The van der Waals surface area contributed by atoms with Crippen LogP contribution in [0.1, 0.15) is 11.7 Å². The zero-order valence-electron chi connectivity index (χ0n) is 9.36. The molecule has 1 aliphatic heterocycles. The maximum atomic E-state index is 11.2. The van der Waals surface area contributed by atoms with Crippen molar-refractivity contribution in [3.63, 3.8) is 0 Å². The molecule has 1 aliphatic rings. The first-order valence-corrected chi connectivity index (χ1v) is 5.24. The molecule has 4 N–H and O–H groups in total. The van der Waals surface area contributed by atoms with Crippen LogP contribution >= 0.6 is 0 Å². The highest BCUT2D eigenvalue weighted by Gasteiger charge is 2.23. The molecule has 2 rings (SSSR count). The van der Waals surface area contributed by atoms with Crippen molar-refractivity contribution in [3.05, 3.63) is 17.7 Å². The van der Waals surface area contributed by atoms with Crippen LogP contribution in [0, 0.1) is 0 Å².